The molecule has 11 nitrogen and oxygen atoms in total. The van der Waals surface area contributed by atoms with Crippen molar-refractivity contribution in [2.45, 2.75) is 146 Å². The van der Waals surface area contributed by atoms with Crippen molar-refractivity contribution in [2.75, 3.05) is 19.7 Å². The first-order valence-electron chi connectivity index (χ1n) is 19.4. The van der Waals surface area contributed by atoms with Crippen molar-refractivity contribution in [1.82, 2.24) is 24.3 Å². The van der Waals surface area contributed by atoms with Crippen LogP contribution in [0.4, 0.5) is 0 Å². The van der Waals surface area contributed by atoms with Gasteiger partial charge in [0.25, 0.3) is 0 Å². The summed E-state index contributed by atoms with van der Waals surface area (Å²) in [6.07, 6.45) is 22.6. The average molecular weight is 702 g/mol. The van der Waals surface area contributed by atoms with Crippen LogP contribution in [0.25, 0.3) is 11.0 Å². The maximum absolute atomic E-state index is 13.8. The van der Waals surface area contributed by atoms with Crippen LogP contribution in [0.3, 0.4) is 0 Å². The molecular formula is C39H56BN5O6. The molecule has 1 N–H and O–H groups in total. The number of aromatic carboxylic acids is 1. The lowest BCUT2D eigenvalue weighted by molar-refractivity contribution is -0.153. The summed E-state index contributed by atoms with van der Waals surface area (Å²) in [7, 11) is 2.43. The van der Waals surface area contributed by atoms with Crippen LogP contribution in [0, 0.1) is 0 Å². The molecule has 0 bridgehead atoms. The van der Waals surface area contributed by atoms with Crippen molar-refractivity contribution < 1.29 is 28.6 Å². The van der Waals surface area contributed by atoms with Crippen LogP contribution in [-0.2, 0) is 27.4 Å². The largest absolute Gasteiger partial charge is 0.478 e. The number of oxazole rings is 1. The summed E-state index contributed by atoms with van der Waals surface area (Å²) in [5, 5.41) is 9.86. The van der Waals surface area contributed by atoms with Crippen LogP contribution < -0.4 is 0 Å². The predicted octanol–water partition coefficient (Wildman–Crippen LogP) is 6.54. The van der Waals surface area contributed by atoms with Crippen molar-refractivity contribution in [1.29, 1.82) is 0 Å². The number of aromatic nitrogens is 3. The Labute approximate surface area is 302 Å². The van der Waals surface area contributed by atoms with Crippen molar-refractivity contribution in [2.24, 2.45) is 0 Å². The molecule has 1 saturated heterocycles. The van der Waals surface area contributed by atoms with Crippen molar-refractivity contribution in [3.8, 4) is 0 Å². The lowest BCUT2D eigenvalue weighted by Crippen LogP contribution is -2.56. The number of imidazole rings is 1. The summed E-state index contributed by atoms with van der Waals surface area (Å²) in [4.78, 5) is 51.5. The zero-order valence-corrected chi connectivity index (χ0v) is 30.7. The number of nitrogens with zero attached hydrogens (tertiary/aromatic N) is 5. The van der Waals surface area contributed by atoms with Crippen LogP contribution in [0.1, 0.15) is 138 Å². The molecule has 1 aromatic carbocycles. The summed E-state index contributed by atoms with van der Waals surface area (Å²) in [6, 6.07) is 4.79. The summed E-state index contributed by atoms with van der Waals surface area (Å²) in [5.74, 6) is -0.0513. The normalized spacial score (nSPS) is 24.5. The molecule has 0 radical (unpaired) electrons. The second-order valence-corrected chi connectivity index (χ2v) is 16.0. The number of carbonyl (C=O) groups is 3. The van der Waals surface area contributed by atoms with E-state index in [1.54, 1.807) is 23.2 Å². The van der Waals surface area contributed by atoms with E-state index in [-0.39, 0.29) is 60.5 Å². The molecule has 2 amide bonds. The van der Waals surface area contributed by atoms with Crippen LogP contribution in [0.2, 0.25) is 5.31 Å². The molecule has 3 heterocycles. The van der Waals surface area contributed by atoms with Gasteiger partial charge in [0.15, 0.2) is 6.39 Å². The predicted molar refractivity (Wildman–Crippen MR) is 197 cm³/mol. The van der Waals surface area contributed by atoms with Gasteiger partial charge in [-0.15, -0.1) is 0 Å². The Bertz CT molecular complexity index is 1630. The lowest BCUT2D eigenvalue weighted by Gasteiger charge is -2.40. The van der Waals surface area contributed by atoms with E-state index in [1.165, 1.54) is 76.7 Å². The van der Waals surface area contributed by atoms with Gasteiger partial charge >= 0.3 is 5.97 Å². The van der Waals surface area contributed by atoms with E-state index in [9.17, 15) is 19.5 Å². The first-order valence-corrected chi connectivity index (χ1v) is 19.4. The van der Waals surface area contributed by atoms with Crippen LogP contribution >= 0.6 is 0 Å². The Morgan fingerprint density at radius 1 is 0.922 bits per heavy atom. The molecule has 1 aliphatic heterocycles. The fourth-order valence-corrected chi connectivity index (χ4v) is 8.50. The molecule has 3 aliphatic rings. The molecule has 0 spiro atoms. The number of hydrogen-bond acceptors (Lipinski definition) is 7. The average Bonchev–Trinajstić information content (AvgIpc) is 3.73. The number of piperazine rings is 1. The fraction of sp³-hybridized carbons (Fsp3) is 0.667. The maximum atomic E-state index is 13.8. The molecule has 2 atom stereocenters. The number of benzene rings is 1. The second-order valence-electron chi connectivity index (χ2n) is 16.0. The van der Waals surface area contributed by atoms with E-state index < -0.39 is 5.97 Å². The van der Waals surface area contributed by atoms with E-state index in [4.69, 9.17) is 14.1 Å². The monoisotopic (exact) mass is 701 g/mol. The Balaban J connectivity index is 1.12. The summed E-state index contributed by atoms with van der Waals surface area (Å²) >= 11 is 0. The highest BCUT2D eigenvalue weighted by Crippen LogP contribution is 2.40. The lowest BCUT2D eigenvalue weighted by atomic mass is 9.62. The summed E-state index contributed by atoms with van der Waals surface area (Å²) in [6.45, 7) is 3.58. The third-order valence-corrected chi connectivity index (χ3v) is 11.8. The van der Waals surface area contributed by atoms with Gasteiger partial charge in [-0.1, -0.05) is 77.0 Å². The van der Waals surface area contributed by atoms with E-state index in [2.05, 4.69) is 19.8 Å². The Morgan fingerprint density at radius 2 is 1.61 bits per heavy atom. The number of hydrogen-bond donors (Lipinski definition) is 1. The molecular weight excluding hydrogens is 645 g/mol. The van der Waals surface area contributed by atoms with Crippen molar-refractivity contribution in [3.05, 3.63) is 47.9 Å². The summed E-state index contributed by atoms with van der Waals surface area (Å²) in [5.41, 5.74) is 1.19. The van der Waals surface area contributed by atoms with Gasteiger partial charge in [-0.3, -0.25) is 9.59 Å². The zero-order chi connectivity index (χ0) is 35.8. The van der Waals surface area contributed by atoms with Gasteiger partial charge in [-0.25, -0.2) is 14.8 Å². The second kappa shape index (κ2) is 16.8. The van der Waals surface area contributed by atoms with Gasteiger partial charge in [-0.05, 0) is 62.5 Å². The summed E-state index contributed by atoms with van der Waals surface area (Å²) < 4.78 is 14.2. The number of fused-ring (bicyclic) bond motifs is 1. The molecule has 6 rings (SSSR count). The van der Waals surface area contributed by atoms with Crippen LogP contribution in [0.15, 0.2) is 35.2 Å². The topological polar surface area (TPSA) is 131 Å². The van der Waals surface area contributed by atoms with Crippen LogP contribution in [-0.4, -0.2) is 86.4 Å². The van der Waals surface area contributed by atoms with Gasteiger partial charge in [0.1, 0.15) is 32.5 Å². The molecule has 3 fully saturated rings. The highest BCUT2D eigenvalue weighted by Gasteiger charge is 2.36. The van der Waals surface area contributed by atoms with Gasteiger partial charge in [-0.2, -0.15) is 0 Å². The standard InChI is InChI=1S/C39H56BN5O6/c1-38(51-27-39(40)19-10-6-3-7-11-20-39)17-9-5-2-4-8-13-30(14-12-18-38)44-26-35(46)43(25-36(44)47)24-34-42-32-16-15-29(37(48)49)21-33(32)45(34)23-31-22-41-28-50-31/h15-16,21-22,28,30H,2-14,17-20,23-27,40H2,1H3,(H,48,49). The third kappa shape index (κ3) is 9.61. The molecule has 2 aliphatic carbocycles. The van der Waals surface area contributed by atoms with Gasteiger partial charge in [0.2, 0.25) is 11.8 Å². The fourth-order valence-electron chi connectivity index (χ4n) is 8.50. The van der Waals surface area contributed by atoms with E-state index in [1.807, 2.05) is 9.47 Å². The molecule has 51 heavy (non-hydrogen) atoms. The number of rotatable bonds is 9. The van der Waals surface area contributed by atoms with E-state index in [0.29, 0.717) is 22.6 Å². The first kappa shape index (κ1) is 37.1. The van der Waals surface area contributed by atoms with Crippen LogP contribution in [0.5, 0.6) is 0 Å². The first-order chi connectivity index (χ1) is 24.6. The number of carboxylic acids is 1. The molecule has 2 unspecified atom stereocenters. The minimum atomic E-state index is -1.04. The highest BCUT2D eigenvalue weighted by atomic mass is 16.5. The Morgan fingerprint density at radius 3 is 2.33 bits per heavy atom. The minimum absolute atomic E-state index is 0.0133. The SMILES string of the molecule is BC1(COC2(C)CCCCCCCC(N3CC(=O)N(Cc4nc5ccc(C(=O)O)cc5n4Cc4cnco4)CC3=O)CCC2)CCCCCCC1. The van der Waals surface area contributed by atoms with Gasteiger partial charge < -0.3 is 28.6 Å². The number of amides is 2. The highest BCUT2D eigenvalue weighted by molar-refractivity contribution is 6.15. The molecule has 276 valence electrons. The van der Waals surface area contributed by atoms with Crippen molar-refractivity contribution in [3.63, 3.8) is 0 Å². The molecule has 2 saturated carbocycles. The number of ether oxygens (including phenoxy) is 1. The van der Waals surface area contributed by atoms with Gasteiger partial charge in [0.05, 0.1) is 41.5 Å². The number of carboxylic acid groups (broad SMARTS) is 1. The van der Waals surface area contributed by atoms with E-state index in [0.717, 1.165) is 51.6 Å². The maximum Gasteiger partial charge on any atom is 0.335 e. The van der Waals surface area contributed by atoms with Gasteiger partial charge in [0, 0.05) is 12.6 Å². The molecule has 12 heteroatoms. The third-order valence-electron chi connectivity index (χ3n) is 11.8. The Kier molecular flexibility index (Phi) is 12.2. The Hall–Kier alpha value is -3.67. The minimum Gasteiger partial charge on any atom is -0.478 e. The number of carbonyl (C=O) groups excluding carboxylic acids is 2. The molecule has 3 aromatic rings. The van der Waals surface area contributed by atoms with E-state index >= 15 is 0 Å². The quantitative estimate of drug-likeness (QED) is 0.249. The van der Waals surface area contributed by atoms with Crippen molar-refractivity contribution >= 4 is 36.7 Å². The smallest absolute Gasteiger partial charge is 0.335 e. The molecule has 2 aromatic heterocycles. The zero-order valence-electron chi connectivity index (χ0n) is 30.7.